The fourth-order valence-electron chi connectivity index (χ4n) is 0.891. The lowest BCUT2D eigenvalue weighted by Gasteiger charge is -2.14. The first kappa shape index (κ1) is 12.5. The molecule has 0 saturated carbocycles. The maximum atomic E-state index is 12.0. The molecule has 0 aliphatic carbocycles. The number of ether oxygens (including phenoxy) is 1. The van der Waals surface area contributed by atoms with Crippen molar-refractivity contribution in [3.8, 4) is 5.75 Å². The highest BCUT2D eigenvalue weighted by atomic mass is 79.9. The van der Waals surface area contributed by atoms with Crippen LogP contribution in [-0.2, 0) is 6.54 Å². The summed E-state index contributed by atoms with van der Waals surface area (Å²) in [6.45, 7) is -0.167. The van der Waals surface area contributed by atoms with E-state index in [0.29, 0.717) is 0 Å². The predicted molar refractivity (Wildman–Crippen MR) is 51.5 cm³/mol. The van der Waals surface area contributed by atoms with E-state index >= 15 is 0 Å². The Balaban J connectivity index is 3.20. The lowest BCUT2D eigenvalue weighted by molar-refractivity contribution is -0.274. The van der Waals surface area contributed by atoms with Crippen molar-refractivity contribution in [1.82, 2.24) is 4.98 Å². The maximum Gasteiger partial charge on any atom is 0.573 e. The molecule has 2 N–H and O–H groups in total. The fraction of sp³-hybridized carbons (Fsp3) is 0.286. The highest BCUT2D eigenvalue weighted by Crippen LogP contribution is 2.35. The van der Waals surface area contributed by atoms with Crippen molar-refractivity contribution < 1.29 is 17.9 Å². The standard InChI is InChI=1S/C7H5BrClF3N2O/c8-6-3(1-13)5(4(9)2-14-6)15-7(10,11)12/h2H,1,13H2. The lowest BCUT2D eigenvalue weighted by Crippen LogP contribution is -2.19. The molecule has 84 valence electrons. The first-order chi connectivity index (χ1) is 6.85. The van der Waals surface area contributed by atoms with Gasteiger partial charge in [-0.3, -0.25) is 0 Å². The van der Waals surface area contributed by atoms with E-state index < -0.39 is 12.1 Å². The Hall–Kier alpha value is -0.530. The van der Waals surface area contributed by atoms with Crippen LogP contribution in [0.2, 0.25) is 5.02 Å². The molecule has 0 fully saturated rings. The third-order valence-electron chi connectivity index (χ3n) is 1.45. The average Bonchev–Trinajstić information content (AvgIpc) is 2.10. The molecule has 8 heteroatoms. The summed E-state index contributed by atoms with van der Waals surface area (Å²) in [6, 6.07) is 0. The van der Waals surface area contributed by atoms with E-state index in [2.05, 4.69) is 25.7 Å². The van der Waals surface area contributed by atoms with Crippen molar-refractivity contribution in [3.05, 3.63) is 21.4 Å². The van der Waals surface area contributed by atoms with Crippen LogP contribution in [0.5, 0.6) is 5.75 Å². The molecule has 1 heterocycles. The number of nitrogens with two attached hydrogens (primary N) is 1. The molecule has 1 rings (SSSR count). The quantitative estimate of drug-likeness (QED) is 0.855. The van der Waals surface area contributed by atoms with E-state index in [1.54, 1.807) is 0 Å². The van der Waals surface area contributed by atoms with Gasteiger partial charge in [-0.15, -0.1) is 13.2 Å². The van der Waals surface area contributed by atoms with Gasteiger partial charge in [-0.05, 0) is 15.9 Å². The summed E-state index contributed by atoms with van der Waals surface area (Å²) in [7, 11) is 0. The zero-order chi connectivity index (χ0) is 11.6. The summed E-state index contributed by atoms with van der Waals surface area (Å²) in [5.41, 5.74) is 5.33. The fourth-order valence-corrected chi connectivity index (χ4v) is 1.54. The molecule has 15 heavy (non-hydrogen) atoms. The lowest BCUT2D eigenvalue weighted by atomic mass is 10.2. The Morgan fingerprint density at radius 3 is 2.60 bits per heavy atom. The van der Waals surface area contributed by atoms with Gasteiger partial charge in [0.05, 0.1) is 6.20 Å². The number of rotatable bonds is 2. The SMILES string of the molecule is NCc1c(Br)ncc(Cl)c1OC(F)(F)F. The molecule has 1 aromatic rings. The van der Waals surface area contributed by atoms with Gasteiger partial charge in [0.15, 0.2) is 5.75 Å². The van der Waals surface area contributed by atoms with E-state index in [4.69, 9.17) is 17.3 Å². The molecule has 0 aliphatic rings. The summed E-state index contributed by atoms with van der Waals surface area (Å²) in [5.74, 6) is -0.520. The van der Waals surface area contributed by atoms with Crippen molar-refractivity contribution in [2.45, 2.75) is 12.9 Å². The molecule has 0 atom stereocenters. The Kier molecular flexibility index (Phi) is 3.80. The van der Waals surface area contributed by atoms with Gasteiger partial charge in [0.2, 0.25) is 0 Å². The van der Waals surface area contributed by atoms with E-state index in [1.807, 2.05) is 0 Å². The zero-order valence-corrected chi connectivity index (χ0v) is 9.45. The summed E-state index contributed by atoms with van der Waals surface area (Å²) < 4.78 is 40.0. The monoisotopic (exact) mass is 304 g/mol. The minimum atomic E-state index is -4.81. The summed E-state index contributed by atoms with van der Waals surface area (Å²) in [6.07, 6.45) is -3.76. The largest absolute Gasteiger partial charge is 0.573 e. The first-order valence-electron chi connectivity index (χ1n) is 3.64. The van der Waals surface area contributed by atoms with Crippen LogP contribution in [-0.4, -0.2) is 11.3 Å². The smallest absolute Gasteiger partial charge is 0.404 e. The zero-order valence-electron chi connectivity index (χ0n) is 7.11. The van der Waals surface area contributed by atoms with E-state index in [9.17, 15) is 13.2 Å². The average molecular weight is 305 g/mol. The highest BCUT2D eigenvalue weighted by molar-refractivity contribution is 9.10. The van der Waals surface area contributed by atoms with Crippen LogP contribution < -0.4 is 10.5 Å². The molecule has 0 radical (unpaired) electrons. The van der Waals surface area contributed by atoms with Crippen LogP contribution in [0.25, 0.3) is 0 Å². The normalized spacial score (nSPS) is 11.6. The van der Waals surface area contributed by atoms with Crippen LogP contribution in [0.1, 0.15) is 5.56 Å². The highest BCUT2D eigenvalue weighted by Gasteiger charge is 2.33. The number of pyridine rings is 1. The maximum absolute atomic E-state index is 12.0. The van der Waals surface area contributed by atoms with Crippen molar-refractivity contribution in [2.24, 2.45) is 5.73 Å². The summed E-state index contributed by atoms with van der Waals surface area (Å²) in [4.78, 5) is 3.70. The molecule has 3 nitrogen and oxygen atoms in total. The Morgan fingerprint density at radius 1 is 1.53 bits per heavy atom. The van der Waals surface area contributed by atoms with Crippen LogP contribution in [0.15, 0.2) is 10.8 Å². The second-order valence-corrected chi connectivity index (χ2v) is 3.61. The van der Waals surface area contributed by atoms with Gasteiger partial charge >= 0.3 is 6.36 Å². The molecule has 0 bridgehead atoms. The van der Waals surface area contributed by atoms with Gasteiger partial charge < -0.3 is 10.5 Å². The molecule has 0 aromatic carbocycles. The minimum Gasteiger partial charge on any atom is -0.404 e. The number of alkyl halides is 3. The second-order valence-electron chi connectivity index (χ2n) is 2.46. The molecule has 0 saturated heterocycles. The number of hydrogen-bond acceptors (Lipinski definition) is 3. The molecular formula is C7H5BrClF3N2O. The molecule has 0 amide bonds. The topological polar surface area (TPSA) is 48.1 Å². The van der Waals surface area contributed by atoms with Crippen molar-refractivity contribution in [3.63, 3.8) is 0 Å². The van der Waals surface area contributed by atoms with Gasteiger partial charge in [-0.2, -0.15) is 0 Å². The van der Waals surface area contributed by atoms with Gasteiger partial charge in [-0.25, -0.2) is 4.98 Å². The molecule has 0 aliphatic heterocycles. The van der Waals surface area contributed by atoms with E-state index in [-0.39, 0.29) is 21.7 Å². The van der Waals surface area contributed by atoms with Crippen molar-refractivity contribution in [1.29, 1.82) is 0 Å². The van der Waals surface area contributed by atoms with E-state index in [0.717, 1.165) is 6.20 Å². The van der Waals surface area contributed by atoms with Crippen LogP contribution >= 0.6 is 27.5 Å². The third-order valence-corrected chi connectivity index (χ3v) is 2.41. The second kappa shape index (κ2) is 4.54. The summed E-state index contributed by atoms with van der Waals surface area (Å²) >= 11 is 8.47. The number of aromatic nitrogens is 1. The molecular weight excluding hydrogens is 300 g/mol. The number of hydrogen-bond donors (Lipinski definition) is 1. The molecule has 0 unspecified atom stereocenters. The first-order valence-corrected chi connectivity index (χ1v) is 4.81. The van der Waals surface area contributed by atoms with Crippen LogP contribution in [0, 0.1) is 0 Å². The molecule has 1 aromatic heterocycles. The Bertz CT molecular complexity index is 372. The number of halogens is 5. The van der Waals surface area contributed by atoms with Gasteiger partial charge in [0, 0.05) is 12.1 Å². The predicted octanol–water partition coefficient (Wildman–Crippen LogP) is 2.85. The van der Waals surface area contributed by atoms with E-state index in [1.165, 1.54) is 0 Å². The minimum absolute atomic E-state index is 0.0693. The van der Waals surface area contributed by atoms with Crippen LogP contribution in [0.4, 0.5) is 13.2 Å². The van der Waals surface area contributed by atoms with Crippen molar-refractivity contribution in [2.75, 3.05) is 0 Å². The van der Waals surface area contributed by atoms with Gasteiger partial charge in [0.1, 0.15) is 9.63 Å². The summed E-state index contributed by atoms with van der Waals surface area (Å²) in [5, 5.41) is -0.240. The number of nitrogens with zero attached hydrogens (tertiary/aromatic N) is 1. The van der Waals surface area contributed by atoms with Gasteiger partial charge in [0.25, 0.3) is 0 Å². The Labute approximate surface area is 96.5 Å². The van der Waals surface area contributed by atoms with Gasteiger partial charge in [-0.1, -0.05) is 11.6 Å². The van der Waals surface area contributed by atoms with Crippen molar-refractivity contribution >= 4 is 27.5 Å². The Morgan fingerprint density at radius 2 is 2.13 bits per heavy atom. The van der Waals surface area contributed by atoms with Crippen LogP contribution in [0.3, 0.4) is 0 Å². The third kappa shape index (κ3) is 3.22. The molecule has 0 spiro atoms.